The fraction of sp³-hybridized carbons (Fsp3) is 0.222. The van der Waals surface area contributed by atoms with Crippen LogP contribution in [0.2, 0.25) is 4.34 Å². The minimum atomic E-state index is -0.116. The maximum atomic E-state index is 12.2. The third-order valence-electron chi connectivity index (χ3n) is 3.34. The molecule has 1 heterocycles. The first-order valence-corrected chi connectivity index (χ1v) is 8.65. The number of amides is 1. The van der Waals surface area contributed by atoms with Crippen LogP contribution in [-0.4, -0.2) is 29.7 Å². The fourth-order valence-electron chi connectivity index (χ4n) is 2.22. The zero-order valence-corrected chi connectivity index (χ0v) is 15.0. The van der Waals surface area contributed by atoms with Gasteiger partial charge in [-0.3, -0.25) is 14.5 Å². The number of ketones is 1. The van der Waals surface area contributed by atoms with E-state index in [2.05, 4.69) is 11.9 Å². The minimum Gasteiger partial charge on any atom is -0.325 e. The second-order valence-corrected chi connectivity index (χ2v) is 7.15. The van der Waals surface area contributed by atoms with E-state index >= 15 is 0 Å². The number of Topliss-reactive ketones (excluding diaryl/α,β-unsaturated/α-hetero) is 1. The molecule has 0 unspecified atom stereocenters. The number of carbonyl (C=O) groups excluding carboxylic acids is 2. The van der Waals surface area contributed by atoms with Crippen LogP contribution in [-0.2, 0) is 11.3 Å². The van der Waals surface area contributed by atoms with Gasteiger partial charge >= 0.3 is 0 Å². The molecule has 1 aromatic carbocycles. The number of halogens is 1. The van der Waals surface area contributed by atoms with Gasteiger partial charge in [0.2, 0.25) is 5.91 Å². The van der Waals surface area contributed by atoms with Crippen LogP contribution in [0.5, 0.6) is 0 Å². The molecule has 4 nitrogen and oxygen atoms in total. The third kappa shape index (κ3) is 5.60. The number of hydrogen-bond donors (Lipinski definition) is 1. The first-order valence-electron chi connectivity index (χ1n) is 7.46. The summed E-state index contributed by atoms with van der Waals surface area (Å²) >= 11 is 7.45. The van der Waals surface area contributed by atoms with Crippen molar-refractivity contribution < 1.29 is 9.59 Å². The average molecular weight is 363 g/mol. The maximum absolute atomic E-state index is 12.2. The Morgan fingerprint density at radius 2 is 1.96 bits per heavy atom. The number of benzene rings is 1. The van der Waals surface area contributed by atoms with Gasteiger partial charge in [-0.05, 0) is 43.3 Å². The highest BCUT2D eigenvalue weighted by atomic mass is 35.5. The molecule has 24 heavy (non-hydrogen) atoms. The number of anilines is 1. The molecule has 2 rings (SSSR count). The van der Waals surface area contributed by atoms with Crippen molar-refractivity contribution >= 4 is 40.3 Å². The number of nitrogens with one attached hydrogen (secondary N) is 1. The van der Waals surface area contributed by atoms with Crippen molar-refractivity contribution in [2.45, 2.75) is 13.5 Å². The van der Waals surface area contributed by atoms with Gasteiger partial charge in [0.25, 0.3) is 0 Å². The van der Waals surface area contributed by atoms with Crippen LogP contribution in [0.25, 0.3) is 0 Å². The van der Waals surface area contributed by atoms with Gasteiger partial charge in [-0.2, -0.15) is 0 Å². The monoisotopic (exact) mass is 362 g/mol. The molecule has 0 spiro atoms. The quantitative estimate of drug-likeness (QED) is 0.564. The smallest absolute Gasteiger partial charge is 0.238 e. The first-order chi connectivity index (χ1) is 11.5. The summed E-state index contributed by atoms with van der Waals surface area (Å²) in [5, 5.41) is 2.84. The molecule has 1 amide bonds. The fourth-order valence-corrected chi connectivity index (χ4v) is 3.35. The molecule has 6 heteroatoms. The van der Waals surface area contributed by atoms with Crippen molar-refractivity contribution in [1.29, 1.82) is 0 Å². The van der Waals surface area contributed by atoms with Gasteiger partial charge in [-0.15, -0.1) is 17.9 Å². The lowest BCUT2D eigenvalue weighted by Crippen LogP contribution is -2.32. The van der Waals surface area contributed by atoms with Gasteiger partial charge in [-0.1, -0.05) is 17.7 Å². The van der Waals surface area contributed by atoms with Crippen molar-refractivity contribution in [3.8, 4) is 0 Å². The van der Waals surface area contributed by atoms with Crippen molar-refractivity contribution in [2.75, 3.05) is 18.4 Å². The van der Waals surface area contributed by atoms with E-state index in [9.17, 15) is 9.59 Å². The third-order valence-corrected chi connectivity index (χ3v) is 4.55. The van der Waals surface area contributed by atoms with Gasteiger partial charge in [-0.25, -0.2) is 0 Å². The van der Waals surface area contributed by atoms with Gasteiger partial charge < -0.3 is 5.32 Å². The Morgan fingerprint density at radius 1 is 1.25 bits per heavy atom. The Morgan fingerprint density at radius 3 is 2.50 bits per heavy atom. The number of carbonyl (C=O) groups is 2. The number of thiophene rings is 1. The number of rotatable bonds is 8. The molecule has 0 atom stereocenters. The summed E-state index contributed by atoms with van der Waals surface area (Å²) in [6.45, 7) is 6.74. The van der Waals surface area contributed by atoms with E-state index in [4.69, 9.17) is 11.6 Å². The van der Waals surface area contributed by atoms with Gasteiger partial charge in [0.15, 0.2) is 5.78 Å². The van der Waals surface area contributed by atoms with Crippen LogP contribution in [0.15, 0.2) is 49.1 Å². The van der Waals surface area contributed by atoms with Crippen molar-refractivity contribution in [1.82, 2.24) is 4.90 Å². The highest BCUT2D eigenvalue weighted by Crippen LogP contribution is 2.22. The molecule has 0 bridgehead atoms. The van der Waals surface area contributed by atoms with E-state index in [0.717, 1.165) is 9.21 Å². The summed E-state index contributed by atoms with van der Waals surface area (Å²) in [5.41, 5.74) is 1.29. The lowest BCUT2D eigenvalue weighted by atomic mass is 10.1. The SMILES string of the molecule is C=CCN(CC(=O)Nc1ccc(C(C)=O)cc1)Cc1ccc(Cl)s1. The standard InChI is InChI=1S/C18H19ClN2O2S/c1-3-10-21(11-16-8-9-17(19)24-16)12-18(23)20-15-6-4-14(5-7-15)13(2)22/h3-9H,1,10-12H2,2H3,(H,20,23). The minimum absolute atomic E-state index is 0.000330. The van der Waals surface area contributed by atoms with Crippen molar-refractivity contribution in [3.63, 3.8) is 0 Å². The van der Waals surface area contributed by atoms with E-state index in [1.54, 1.807) is 30.3 Å². The van der Waals surface area contributed by atoms with Crippen LogP contribution >= 0.6 is 22.9 Å². The Labute approximate surface area is 150 Å². The zero-order chi connectivity index (χ0) is 17.5. The van der Waals surface area contributed by atoms with Crippen LogP contribution in [0.4, 0.5) is 5.69 Å². The molecule has 1 N–H and O–H groups in total. The topological polar surface area (TPSA) is 49.4 Å². The normalized spacial score (nSPS) is 10.6. The summed E-state index contributed by atoms with van der Waals surface area (Å²) in [4.78, 5) is 26.6. The molecule has 0 saturated carbocycles. The predicted octanol–water partition coefficient (Wildman–Crippen LogP) is 4.23. The molecule has 2 aromatic rings. The van der Waals surface area contributed by atoms with E-state index in [0.29, 0.717) is 24.3 Å². The molecular weight excluding hydrogens is 344 g/mol. The predicted molar refractivity (Wildman–Crippen MR) is 99.9 cm³/mol. The second-order valence-electron chi connectivity index (χ2n) is 5.35. The molecule has 1 aromatic heterocycles. The molecule has 0 aliphatic rings. The number of hydrogen-bond acceptors (Lipinski definition) is 4. The van der Waals surface area contributed by atoms with Crippen molar-refractivity contribution in [2.24, 2.45) is 0 Å². The summed E-state index contributed by atoms with van der Waals surface area (Å²) in [7, 11) is 0. The van der Waals surface area contributed by atoms with E-state index in [-0.39, 0.29) is 18.2 Å². The molecule has 0 fully saturated rings. The highest BCUT2D eigenvalue weighted by Gasteiger charge is 2.12. The summed E-state index contributed by atoms with van der Waals surface area (Å²) in [6, 6.07) is 10.7. The summed E-state index contributed by atoms with van der Waals surface area (Å²) in [5.74, 6) is -0.116. The van der Waals surface area contributed by atoms with Gasteiger partial charge in [0.1, 0.15) is 0 Å². The molecule has 0 radical (unpaired) electrons. The van der Waals surface area contributed by atoms with Crippen LogP contribution < -0.4 is 5.32 Å². The lowest BCUT2D eigenvalue weighted by Gasteiger charge is -2.19. The van der Waals surface area contributed by atoms with E-state index < -0.39 is 0 Å². The lowest BCUT2D eigenvalue weighted by molar-refractivity contribution is -0.117. The largest absolute Gasteiger partial charge is 0.325 e. The molecule has 0 saturated heterocycles. The first kappa shape index (κ1) is 18.4. The second kappa shape index (κ2) is 8.78. The average Bonchev–Trinajstić information content (AvgIpc) is 2.93. The zero-order valence-electron chi connectivity index (χ0n) is 13.4. The molecule has 0 aliphatic carbocycles. The van der Waals surface area contributed by atoms with Gasteiger partial charge in [0, 0.05) is 29.2 Å². The Kier molecular flexibility index (Phi) is 6.73. The molecule has 126 valence electrons. The van der Waals surface area contributed by atoms with Crippen LogP contribution in [0.1, 0.15) is 22.2 Å². The van der Waals surface area contributed by atoms with Crippen molar-refractivity contribution in [3.05, 3.63) is 63.8 Å². The van der Waals surface area contributed by atoms with Crippen LogP contribution in [0.3, 0.4) is 0 Å². The summed E-state index contributed by atoms with van der Waals surface area (Å²) in [6.07, 6.45) is 1.77. The Bertz CT molecular complexity index is 725. The molecular formula is C18H19ClN2O2S. The molecule has 0 aliphatic heterocycles. The van der Waals surface area contributed by atoms with Crippen LogP contribution in [0, 0.1) is 0 Å². The summed E-state index contributed by atoms with van der Waals surface area (Å²) < 4.78 is 0.735. The Hall–Kier alpha value is -1.95. The van der Waals surface area contributed by atoms with E-state index in [1.165, 1.54) is 18.3 Å². The highest BCUT2D eigenvalue weighted by molar-refractivity contribution is 7.16. The Balaban J connectivity index is 1.94. The number of nitrogens with zero attached hydrogens (tertiary/aromatic N) is 1. The maximum Gasteiger partial charge on any atom is 0.238 e. The van der Waals surface area contributed by atoms with Gasteiger partial charge in [0.05, 0.1) is 10.9 Å². The van der Waals surface area contributed by atoms with E-state index in [1.807, 2.05) is 17.0 Å².